The van der Waals surface area contributed by atoms with E-state index in [4.69, 9.17) is 0 Å². The molecule has 1 heterocycles. The van der Waals surface area contributed by atoms with Gasteiger partial charge >= 0.3 is 57.1 Å². The van der Waals surface area contributed by atoms with Crippen LogP contribution in [-0.4, -0.2) is 21.8 Å². The minimum atomic E-state index is 1.02. The second-order valence-corrected chi connectivity index (χ2v) is 2.66. The molecule has 0 atom stereocenters. The first kappa shape index (κ1) is 5.84. The van der Waals surface area contributed by atoms with Crippen molar-refractivity contribution in [3.05, 3.63) is 23.9 Å². The van der Waals surface area contributed by atoms with E-state index in [-0.39, 0.29) is 0 Å². The maximum atomic E-state index is 4.05. The van der Waals surface area contributed by atoms with Crippen LogP contribution in [0.2, 0.25) is 0 Å². The molecule has 40 valence electrons. The van der Waals surface area contributed by atoms with E-state index in [2.05, 4.69) is 21.8 Å². The van der Waals surface area contributed by atoms with Crippen LogP contribution < -0.4 is 4.48 Å². The third-order valence-corrected chi connectivity index (χ3v) is 1.45. The fourth-order valence-electron chi connectivity index (χ4n) is 0.460. The van der Waals surface area contributed by atoms with Gasteiger partial charge in [0.05, 0.1) is 0 Å². The Bertz CT molecular complexity index is 147. The van der Waals surface area contributed by atoms with Crippen molar-refractivity contribution in [1.82, 2.24) is 4.98 Å². The molecule has 1 aromatic heterocycles. The minimum absolute atomic E-state index is 1.02. The van der Waals surface area contributed by atoms with Crippen molar-refractivity contribution in [1.29, 1.82) is 0 Å². The van der Waals surface area contributed by atoms with Crippen LogP contribution in [0.25, 0.3) is 0 Å². The Hall–Kier alpha value is -0.292. The molecule has 0 saturated heterocycles. The summed E-state index contributed by atoms with van der Waals surface area (Å²) in [5, 5.41) is 0. The Balaban J connectivity index is 3.03. The molecule has 8 heavy (non-hydrogen) atoms. The Labute approximate surface area is 57.6 Å². The van der Waals surface area contributed by atoms with E-state index in [0.29, 0.717) is 0 Å². The maximum absolute atomic E-state index is 4.05. The predicted octanol–water partition coefficient (Wildman–Crippen LogP) is 0.184. The average Bonchev–Trinajstić information content (AvgIpc) is 1.77. The molecule has 0 aliphatic rings. The van der Waals surface area contributed by atoms with E-state index in [1.165, 1.54) is 5.56 Å². The molecule has 0 fully saturated rings. The summed E-state index contributed by atoms with van der Waals surface area (Å²) in [6, 6.07) is 4.02. The van der Waals surface area contributed by atoms with Crippen molar-refractivity contribution in [2.45, 2.75) is 6.92 Å². The third-order valence-electron chi connectivity index (χ3n) is 0.896. The molecule has 2 heteroatoms. The van der Waals surface area contributed by atoms with Gasteiger partial charge in [0, 0.05) is 0 Å². The van der Waals surface area contributed by atoms with E-state index in [1.807, 2.05) is 25.3 Å². The van der Waals surface area contributed by atoms with Gasteiger partial charge < -0.3 is 0 Å². The molecule has 1 nitrogen and oxygen atoms in total. The monoisotopic (exact) mass is 167 g/mol. The number of pyridine rings is 1. The predicted molar refractivity (Wildman–Crippen MR) is 34.4 cm³/mol. The zero-order valence-corrected chi connectivity index (χ0v) is 6.50. The average molecular weight is 167 g/mol. The number of aromatic nitrogens is 1. The van der Waals surface area contributed by atoms with Crippen LogP contribution >= 0.6 is 0 Å². The number of hydrogen-bond donors (Lipinski definition) is 0. The Morgan fingerprint density at radius 3 is 2.62 bits per heavy atom. The summed E-state index contributed by atoms with van der Waals surface area (Å²) >= 11 is 2.40. The second kappa shape index (κ2) is 2.32. The SMILES string of the molecule is Cc1ccc([As])nc1. The zero-order chi connectivity index (χ0) is 5.98. The molecule has 1 aromatic rings. The summed E-state index contributed by atoms with van der Waals surface area (Å²) < 4.78 is 1.02. The van der Waals surface area contributed by atoms with Crippen molar-refractivity contribution in [3.63, 3.8) is 0 Å². The summed E-state index contributed by atoms with van der Waals surface area (Å²) in [4.78, 5) is 4.05. The standard InChI is InChI=1S/C6H6AsN/c1-5-2-3-6(7)8-4-5/h2-4H,1H3. The molecule has 0 bridgehead atoms. The first-order valence-corrected chi connectivity index (χ1v) is 3.34. The number of aryl methyl sites for hydroxylation is 1. The van der Waals surface area contributed by atoms with Gasteiger partial charge in [-0.25, -0.2) is 0 Å². The third kappa shape index (κ3) is 1.34. The number of rotatable bonds is 0. The molecule has 0 spiro atoms. The molecular weight excluding hydrogens is 161 g/mol. The topological polar surface area (TPSA) is 12.9 Å². The Kier molecular flexibility index (Phi) is 1.69. The van der Waals surface area contributed by atoms with Crippen LogP contribution in [0.15, 0.2) is 18.3 Å². The molecule has 2 radical (unpaired) electrons. The van der Waals surface area contributed by atoms with Gasteiger partial charge in [0.15, 0.2) is 0 Å². The van der Waals surface area contributed by atoms with E-state index >= 15 is 0 Å². The Morgan fingerprint density at radius 1 is 1.50 bits per heavy atom. The van der Waals surface area contributed by atoms with Gasteiger partial charge in [0.25, 0.3) is 0 Å². The van der Waals surface area contributed by atoms with Gasteiger partial charge in [-0.05, 0) is 0 Å². The zero-order valence-electron chi connectivity index (χ0n) is 4.63. The van der Waals surface area contributed by atoms with Gasteiger partial charge in [0.1, 0.15) is 0 Å². The molecule has 1 rings (SSSR count). The van der Waals surface area contributed by atoms with Gasteiger partial charge in [-0.15, -0.1) is 0 Å². The first-order valence-electron chi connectivity index (χ1n) is 2.40. The summed E-state index contributed by atoms with van der Waals surface area (Å²) in [6.45, 7) is 2.03. The fraction of sp³-hybridized carbons (Fsp3) is 0.167. The van der Waals surface area contributed by atoms with Gasteiger partial charge in [-0.2, -0.15) is 0 Å². The quantitative estimate of drug-likeness (QED) is 0.502. The molecule has 0 aromatic carbocycles. The van der Waals surface area contributed by atoms with Crippen molar-refractivity contribution >= 4 is 21.3 Å². The second-order valence-electron chi connectivity index (χ2n) is 1.69. The molecule has 0 N–H and O–H groups in total. The van der Waals surface area contributed by atoms with E-state index < -0.39 is 0 Å². The fourth-order valence-corrected chi connectivity index (χ4v) is 0.738. The van der Waals surface area contributed by atoms with Crippen LogP contribution in [-0.2, 0) is 0 Å². The normalized spacial score (nSPS) is 9.25. The molecular formula is C6H6AsN. The molecule has 0 aliphatic carbocycles. The van der Waals surface area contributed by atoms with E-state index in [1.54, 1.807) is 0 Å². The molecule has 0 saturated carbocycles. The van der Waals surface area contributed by atoms with Crippen molar-refractivity contribution in [3.8, 4) is 0 Å². The van der Waals surface area contributed by atoms with Crippen LogP contribution in [0.4, 0.5) is 0 Å². The summed E-state index contributed by atoms with van der Waals surface area (Å²) in [5.41, 5.74) is 1.21. The van der Waals surface area contributed by atoms with Crippen molar-refractivity contribution in [2.75, 3.05) is 0 Å². The van der Waals surface area contributed by atoms with Crippen LogP contribution in [0.3, 0.4) is 0 Å². The summed E-state index contributed by atoms with van der Waals surface area (Å²) in [7, 11) is 0. The molecule has 0 amide bonds. The van der Waals surface area contributed by atoms with Crippen molar-refractivity contribution < 1.29 is 0 Å². The van der Waals surface area contributed by atoms with Crippen LogP contribution in [0.1, 0.15) is 5.56 Å². The molecule has 0 unspecified atom stereocenters. The van der Waals surface area contributed by atoms with Crippen LogP contribution in [0.5, 0.6) is 0 Å². The van der Waals surface area contributed by atoms with E-state index in [0.717, 1.165) is 4.48 Å². The van der Waals surface area contributed by atoms with Crippen molar-refractivity contribution in [2.24, 2.45) is 0 Å². The molecule has 0 aliphatic heterocycles. The number of hydrogen-bond acceptors (Lipinski definition) is 1. The van der Waals surface area contributed by atoms with Gasteiger partial charge in [-0.3, -0.25) is 0 Å². The Morgan fingerprint density at radius 2 is 2.25 bits per heavy atom. The van der Waals surface area contributed by atoms with E-state index in [9.17, 15) is 0 Å². The van der Waals surface area contributed by atoms with Gasteiger partial charge in [0.2, 0.25) is 0 Å². The summed E-state index contributed by atoms with van der Waals surface area (Å²) in [5.74, 6) is 0. The van der Waals surface area contributed by atoms with Gasteiger partial charge in [-0.1, -0.05) is 0 Å². The van der Waals surface area contributed by atoms with Crippen LogP contribution in [0, 0.1) is 6.92 Å². The first-order chi connectivity index (χ1) is 3.79. The summed E-state index contributed by atoms with van der Waals surface area (Å²) in [6.07, 6.45) is 1.85. The number of nitrogens with zero attached hydrogens (tertiary/aromatic N) is 1.